The topological polar surface area (TPSA) is 3.01 Å². The third kappa shape index (κ3) is 3.84. The fourth-order valence-electron chi connectivity index (χ4n) is 3.17. The van der Waals surface area contributed by atoms with Crippen LogP contribution in [-0.4, -0.2) is 24.4 Å². The van der Waals surface area contributed by atoms with Crippen LogP contribution in [0.15, 0.2) is 107 Å². The van der Waals surface area contributed by atoms with Crippen LogP contribution in [0.3, 0.4) is 0 Å². The molecule has 0 aromatic heterocycles. The molecule has 2 aliphatic rings. The van der Waals surface area contributed by atoms with Crippen molar-refractivity contribution >= 4 is 38.9 Å². The zero-order chi connectivity index (χ0) is 19.5. The Bertz CT molecular complexity index is 1060. The van der Waals surface area contributed by atoms with Crippen molar-refractivity contribution in [3.8, 4) is 0 Å². The molecule has 0 fully saturated rings. The van der Waals surface area contributed by atoms with Gasteiger partial charge in [-0.15, -0.1) is 0 Å². The van der Waals surface area contributed by atoms with Crippen LogP contribution in [0.2, 0.25) is 0 Å². The number of rotatable bonds is 2. The lowest BCUT2D eigenvalue weighted by molar-refractivity contribution is -0.462. The molecule has 2 aromatic rings. The van der Waals surface area contributed by atoms with E-state index in [9.17, 15) is 0 Å². The minimum Gasteiger partial charge on any atom is -0.235 e. The summed E-state index contributed by atoms with van der Waals surface area (Å²) in [5.74, 6) is 0. The van der Waals surface area contributed by atoms with Gasteiger partial charge in [0.15, 0.2) is 5.71 Å². The molecule has 1 nitrogen and oxygen atoms in total. The van der Waals surface area contributed by atoms with Gasteiger partial charge >= 0.3 is 0 Å². The second-order valence-corrected chi connectivity index (χ2v) is 8.27. The van der Waals surface area contributed by atoms with E-state index in [1.807, 2.05) is 26.2 Å². The number of thioether (sulfide) groups is 1. The standard InChI is InChI=1S/C25H21ClNS/c1-27(2)21-15-13-18(14-16-21)22-17-23(19-9-5-3-6-10-19)28-25(24(22)26)20-11-7-4-8-12-20/h3-17H,1-2H3/q+1. The van der Waals surface area contributed by atoms with Crippen molar-refractivity contribution in [2.24, 2.45) is 0 Å². The van der Waals surface area contributed by atoms with E-state index in [2.05, 4.69) is 83.5 Å². The molecule has 0 bridgehead atoms. The molecule has 0 saturated carbocycles. The van der Waals surface area contributed by atoms with Crippen LogP contribution in [-0.2, 0) is 0 Å². The van der Waals surface area contributed by atoms with E-state index in [1.165, 1.54) is 16.2 Å². The molecule has 0 radical (unpaired) electrons. The van der Waals surface area contributed by atoms with Crippen molar-refractivity contribution in [3.63, 3.8) is 0 Å². The van der Waals surface area contributed by atoms with E-state index in [4.69, 9.17) is 11.6 Å². The van der Waals surface area contributed by atoms with Crippen molar-refractivity contribution in [3.05, 3.63) is 118 Å². The third-order valence-corrected chi connectivity index (χ3v) is 6.43. The minimum absolute atomic E-state index is 0.800. The van der Waals surface area contributed by atoms with Crippen molar-refractivity contribution in [1.29, 1.82) is 0 Å². The van der Waals surface area contributed by atoms with Gasteiger partial charge < -0.3 is 0 Å². The molecular weight excluding hydrogens is 382 g/mol. The number of allylic oxidation sites excluding steroid dienone is 8. The summed E-state index contributed by atoms with van der Waals surface area (Å²) in [5, 5.41) is 0.800. The van der Waals surface area contributed by atoms with Gasteiger partial charge in [-0.1, -0.05) is 84.0 Å². The van der Waals surface area contributed by atoms with Crippen molar-refractivity contribution in [2.75, 3.05) is 14.1 Å². The number of hydrogen-bond donors (Lipinski definition) is 0. The maximum absolute atomic E-state index is 6.94. The molecule has 2 aromatic carbocycles. The monoisotopic (exact) mass is 402 g/mol. The van der Waals surface area contributed by atoms with E-state index in [0.29, 0.717) is 0 Å². The van der Waals surface area contributed by atoms with Crippen LogP contribution in [0.4, 0.5) is 0 Å². The molecule has 1 aliphatic carbocycles. The Morgan fingerprint density at radius 1 is 0.750 bits per heavy atom. The summed E-state index contributed by atoms with van der Waals surface area (Å²) in [6.07, 6.45) is 10.8. The van der Waals surface area contributed by atoms with Crippen LogP contribution in [0.25, 0.3) is 9.81 Å². The fraction of sp³-hybridized carbons (Fsp3) is 0.0800. The molecule has 0 unspecified atom stereocenters. The van der Waals surface area contributed by atoms with Gasteiger partial charge in [-0.3, -0.25) is 0 Å². The Kier molecular flexibility index (Phi) is 5.52. The van der Waals surface area contributed by atoms with Crippen LogP contribution in [0.1, 0.15) is 11.1 Å². The Morgan fingerprint density at radius 2 is 1.32 bits per heavy atom. The molecule has 138 valence electrons. The van der Waals surface area contributed by atoms with Gasteiger partial charge in [-0.2, -0.15) is 0 Å². The zero-order valence-corrected chi connectivity index (χ0v) is 17.5. The van der Waals surface area contributed by atoms with Crippen molar-refractivity contribution in [1.82, 2.24) is 0 Å². The maximum Gasteiger partial charge on any atom is 0.199 e. The molecule has 0 amide bonds. The Hall–Kier alpha value is -2.55. The van der Waals surface area contributed by atoms with Crippen molar-refractivity contribution in [2.45, 2.75) is 0 Å². The van der Waals surface area contributed by atoms with E-state index < -0.39 is 0 Å². The molecule has 0 spiro atoms. The van der Waals surface area contributed by atoms with E-state index in [1.54, 1.807) is 11.8 Å². The van der Waals surface area contributed by atoms with Gasteiger partial charge in [0.05, 0.1) is 5.03 Å². The highest BCUT2D eigenvalue weighted by Gasteiger charge is 2.22. The van der Waals surface area contributed by atoms with Gasteiger partial charge in [-0.25, -0.2) is 4.58 Å². The molecule has 1 aliphatic heterocycles. The predicted octanol–water partition coefficient (Wildman–Crippen LogP) is 6.52. The summed E-state index contributed by atoms with van der Waals surface area (Å²) in [4.78, 5) is 2.30. The summed E-state index contributed by atoms with van der Waals surface area (Å²) in [7, 11) is 4.10. The quantitative estimate of drug-likeness (QED) is 0.517. The second-order valence-electron chi connectivity index (χ2n) is 6.84. The first kappa shape index (κ1) is 18.8. The van der Waals surface area contributed by atoms with Crippen LogP contribution >= 0.6 is 23.4 Å². The fourth-order valence-corrected chi connectivity index (χ4v) is 4.66. The average molecular weight is 403 g/mol. The Morgan fingerprint density at radius 3 is 1.89 bits per heavy atom. The Labute approximate surface area is 175 Å². The lowest BCUT2D eigenvalue weighted by atomic mass is 9.99. The van der Waals surface area contributed by atoms with Crippen molar-refractivity contribution < 1.29 is 4.58 Å². The summed E-state index contributed by atoms with van der Waals surface area (Å²) in [6.45, 7) is 0. The molecule has 1 heterocycles. The van der Waals surface area contributed by atoms with Gasteiger partial charge in [0.1, 0.15) is 14.1 Å². The smallest absolute Gasteiger partial charge is 0.199 e. The summed E-state index contributed by atoms with van der Waals surface area (Å²) in [6, 6.07) is 20.9. The average Bonchev–Trinajstić information content (AvgIpc) is 2.75. The van der Waals surface area contributed by atoms with Crippen LogP contribution < -0.4 is 0 Å². The van der Waals surface area contributed by atoms with E-state index in [0.717, 1.165) is 26.6 Å². The lowest BCUT2D eigenvalue weighted by Gasteiger charge is -2.21. The zero-order valence-electron chi connectivity index (χ0n) is 15.9. The minimum atomic E-state index is 0.800. The van der Waals surface area contributed by atoms with E-state index in [-0.39, 0.29) is 0 Å². The molecular formula is C25H21ClNS+. The SMILES string of the molecule is C[N+](C)=C1C=CC(=C2C=C(c3ccccc3)SC(c3ccccc3)=C2Cl)C=C1. The number of benzene rings is 2. The predicted molar refractivity (Wildman–Crippen MR) is 124 cm³/mol. The van der Waals surface area contributed by atoms with Gasteiger partial charge in [0.2, 0.25) is 0 Å². The molecule has 0 saturated heterocycles. The summed E-state index contributed by atoms with van der Waals surface area (Å²) in [5.41, 5.74) is 5.69. The first-order valence-electron chi connectivity index (χ1n) is 9.19. The highest BCUT2D eigenvalue weighted by Crippen LogP contribution is 2.49. The highest BCUT2D eigenvalue weighted by atomic mass is 35.5. The molecule has 0 N–H and O–H groups in total. The van der Waals surface area contributed by atoms with Gasteiger partial charge in [-0.05, 0) is 34.9 Å². The van der Waals surface area contributed by atoms with Gasteiger partial charge in [0.25, 0.3) is 0 Å². The second kappa shape index (κ2) is 8.22. The number of halogens is 1. The molecule has 28 heavy (non-hydrogen) atoms. The number of nitrogens with zero attached hydrogens (tertiary/aromatic N) is 1. The third-order valence-electron chi connectivity index (χ3n) is 4.71. The maximum atomic E-state index is 6.94. The first-order chi connectivity index (χ1) is 13.6. The molecule has 4 rings (SSSR count). The number of hydrogen-bond acceptors (Lipinski definition) is 1. The lowest BCUT2D eigenvalue weighted by Crippen LogP contribution is -2.10. The normalized spacial score (nSPS) is 16.5. The Balaban J connectivity index is 1.87. The molecule has 3 heteroatoms. The molecule has 0 atom stereocenters. The highest BCUT2D eigenvalue weighted by molar-refractivity contribution is 8.16. The van der Waals surface area contributed by atoms with Gasteiger partial charge in [0, 0.05) is 27.5 Å². The van der Waals surface area contributed by atoms with E-state index >= 15 is 0 Å². The summed E-state index contributed by atoms with van der Waals surface area (Å²) >= 11 is 8.67. The van der Waals surface area contributed by atoms with Crippen LogP contribution in [0.5, 0.6) is 0 Å². The van der Waals surface area contributed by atoms with Crippen LogP contribution in [0, 0.1) is 0 Å². The first-order valence-corrected chi connectivity index (χ1v) is 10.4. The largest absolute Gasteiger partial charge is 0.235 e. The summed E-state index contributed by atoms with van der Waals surface area (Å²) < 4.78 is 2.10.